The number of rotatable bonds is 4. The van der Waals surface area contributed by atoms with E-state index in [0.717, 1.165) is 29.6 Å². The molecule has 4 heteroatoms. The molecule has 3 nitrogen and oxygen atoms in total. The van der Waals surface area contributed by atoms with Gasteiger partial charge in [-0.1, -0.05) is 24.8 Å². The Morgan fingerprint density at radius 2 is 2.50 bits per heavy atom. The van der Waals surface area contributed by atoms with Crippen molar-refractivity contribution in [1.82, 2.24) is 10.3 Å². The van der Waals surface area contributed by atoms with E-state index in [9.17, 15) is 0 Å². The van der Waals surface area contributed by atoms with Crippen LogP contribution in [0.15, 0.2) is 29.4 Å². The highest BCUT2D eigenvalue weighted by Gasteiger charge is 2.17. The van der Waals surface area contributed by atoms with Crippen LogP contribution in [0.5, 0.6) is 0 Å². The summed E-state index contributed by atoms with van der Waals surface area (Å²) in [5, 5.41) is 4.52. The van der Waals surface area contributed by atoms with Gasteiger partial charge in [0, 0.05) is 36.7 Å². The molecule has 1 aromatic heterocycles. The van der Waals surface area contributed by atoms with Gasteiger partial charge in [-0.3, -0.25) is 9.98 Å². The van der Waals surface area contributed by atoms with Crippen molar-refractivity contribution in [3.63, 3.8) is 0 Å². The monoisotopic (exact) mass is 235 g/mol. The zero-order valence-corrected chi connectivity index (χ0v) is 10.3. The van der Waals surface area contributed by atoms with E-state index < -0.39 is 0 Å². The molecule has 1 fully saturated rings. The lowest BCUT2D eigenvalue weighted by atomic mass is 10.3. The first-order chi connectivity index (χ1) is 7.88. The molecule has 1 unspecified atom stereocenters. The van der Waals surface area contributed by atoms with E-state index in [0.29, 0.717) is 6.04 Å². The number of thioether (sulfide) groups is 1. The Balaban J connectivity index is 1.78. The normalized spacial score (nSPS) is 22.3. The summed E-state index contributed by atoms with van der Waals surface area (Å²) in [6.45, 7) is 3.03. The van der Waals surface area contributed by atoms with Crippen LogP contribution in [-0.2, 0) is 6.42 Å². The average molecular weight is 235 g/mol. The molecule has 0 bridgehead atoms. The predicted molar refractivity (Wildman–Crippen MR) is 69.9 cm³/mol. The van der Waals surface area contributed by atoms with Gasteiger partial charge in [0.1, 0.15) is 0 Å². The summed E-state index contributed by atoms with van der Waals surface area (Å²) in [5.74, 6) is 1.15. The van der Waals surface area contributed by atoms with Gasteiger partial charge in [-0.05, 0) is 18.6 Å². The standard InChI is InChI=1S/C12H17N3S/c1-2-10-9-16-12(15-10)14-8-6-11-5-3-4-7-13-11/h3-5,7,10H,2,6,8-9H2,1H3,(H,14,15). The van der Waals surface area contributed by atoms with E-state index in [2.05, 4.69) is 22.2 Å². The van der Waals surface area contributed by atoms with Crippen LogP contribution in [0.3, 0.4) is 0 Å². The first kappa shape index (κ1) is 11.5. The molecule has 1 aliphatic rings. The minimum atomic E-state index is 0.610. The maximum Gasteiger partial charge on any atom is 0.156 e. The molecule has 0 aliphatic carbocycles. The van der Waals surface area contributed by atoms with E-state index >= 15 is 0 Å². The number of amidine groups is 1. The van der Waals surface area contributed by atoms with Crippen LogP contribution in [-0.4, -0.2) is 28.5 Å². The molecule has 1 N–H and O–H groups in total. The van der Waals surface area contributed by atoms with Gasteiger partial charge in [0.05, 0.1) is 0 Å². The van der Waals surface area contributed by atoms with E-state index in [-0.39, 0.29) is 0 Å². The number of aliphatic imine (C=N–C) groups is 1. The first-order valence-corrected chi connectivity index (χ1v) is 6.70. The largest absolute Gasteiger partial charge is 0.361 e. The summed E-state index contributed by atoms with van der Waals surface area (Å²) in [5.41, 5.74) is 1.11. The third-order valence-electron chi connectivity index (χ3n) is 2.59. The molecule has 2 rings (SSSR count). The fourth-order valence-electron chi connectivity index (χ4n) is 1.57. The summed E-state index contributed by atoms with van der Waals surface area (Å²) in [4.78, 5) is 8.82. The van der Waals surface area contributed by atoms with Gasteiger partial charge >= 0.3 is 0 Å². The summed E-state index contributed by atoms with van der Waals surface area (Å²) < 4.78 is 0. The van der Waals surface area contributed by atoms with Crippen molar-refractivity contribution in [2.45, 2.75) is 25.8 Å². The Morgan fingerprint density at radius 3 is 3.19 bits per heavy atom. The van der Waals surface area contributed by atoms with Gasteiger partial charge in [0.15, 0.2) is 5.17 Å². The van der Waals surface area contributed by atoms with Crippen molar-refractivity contribution in [1.29, 1.82) is 0 Å². The second kappa shape index (κ2) is 5.89. The van der Waals surface area contributed by atoms with Gasteiger partial charge in [-0.2, -0.15) is 0 Å². The molecular formula is C12H17N3S. The molecule has 0 radical (unpaired) electrons. The zero-order valence-electron chi connectivity index (χ0n) is 9.52. The summed E-state index contributed by atoms with van der Waals surface area (Å²) in [7, 11) is 0. The maximum atomic E-state index is 4.55. The lowest BCUT2D eigenvalue weighted by Gasteiger charge is -2.04. The lowest BCUT2D eigenvalue weighted by Crippen LogP contribution is -2.26. The Bertz CT molecular complexity index is 351. The quantitative estimate of drug-likeness (QED) is 0.868. The van der Waals surface area contributed by atoms with E-state index in [4.69, 9.17) is 0 Å². The minimum absolute atomic E-state index is 0.610. The van der Waals surface area contributed by atoms with Gasteiger partial charge in [0.2, 0.25) is 0 Å². The molecule has 0 amide bonds. The topological polar surface area (TPSA) is 37.3 Å². The summed E-state index contributed by atoms with van der Waals surface area (Å²) >= 11 is 1.83. The van der Waals surface area contributed by atoms with Crippen molar-refractivity contribution in [3.8, 4) is 0 Å². The first-order valence-electron chi connectivity index (χ1n) is 5.72. The fraction of sp³-hybridized carbons (Fsp3) is 0.500. The molecule has 16 heavy (non-hydrogen) atoms. The van der Waals surface area contributed by atoms with Crippen LogP contribution in [0.4, 0.5) is 0 Å². The minimum Gasteiger partial charge on any atom is -0.361 e. The van der Waals surface area contributed by atoms with Crippen molar-refractivity contribution in [2.75, 3.05) is 12.3 Å². The third-order valence-corrected chi connectivity index (χ3v) is 3.68. The molecule has 86 valence electrons. The SMILES string of the molecule is CCC1CSC(=NCCc2ccccn2)N1. The van der Waals surface area contributed by atoms with Gasteiger partial charge in [-0.15, -0.1) is 0 Å². The number of aromatic nitrogens is 1. The van der Waals surface area contributed by atoms with Crippen molar-refractivity contribution in [3.05, 3.63) is 30.1 Å². The van der Waals surface area contributed by atoms with Crippen LogP contribution in [0, 0.1) is 0 Å². The average Bonchev–Trinajstić information content (AvgIpc) is 2.78. The highest BCUT2D eigenvalue weighted by molar-refractivity contribution is 8.14. The van der Waals surface area contributed by atoms with Crippen LogP contribution in [0.1, 0.15) is 19.0 Å². The van der Waals surface area contributed by atoms with E-state index in [1.54, 1.807) is 0 Å². The van der Waals surface area contributed by atoms with Gasteiger partial charge in [0.25, 0.3) is 0 Å². The van der Waals surface area contributed by atoms with E-state index in [1.807, 2.05) is 36.2 Å². The van der Waals surface area contributed by atoms with Crippen LogP contribution < -0.4 is 5.32 Å². The van der Waals surface area contributed by atoms with Gasteiger partial charge in [-0.25, -0.2) is 0 Å². The number of nitrogens with zero attached hydrogens (tertiary/aromatic N) is 2. The zero-order chi connectivity index (χ0) is 11.2. The molecule has 1 aromatic rings. The number of hydrogen-bond donors (Lipinski definition) is 1. The number of hydrogen-bond acceptors (Lipinski definition) is 3. The second-order valence-corrected chi connectivity index (χ2v) is 4.83. The van der Waals surface area contributed by atoms with Crippen LogP contribution in [0.2, 0.25) is 0 Å². The second-order valence-electron chi connectivity index (χ2n) is 3.82. The Morgan fingerprint density at radius 1 is 1.56 bits per heavy atom. The number of nitrogens with one attached hydrogen (secondary N) is 1. The van der Waals surface area contributed by atoms with Gasteiger partial charge < -0.3 is 5.32 Å². The third kappa shape index (κ3) is 3.23. The molecule has 2 heterocycles. The summed E-state index contributed by atoms with van der Waals surface area (Å²) in [6.07, 6.45) is 3.92. The highest BCUT2D eigenvalue weighted by Crippen LogP contribution is 2.15. The van der Waals surface area contributed by atoms with Crippen molar-refractivity contribution < 1.29 is 0 Å². The maximum absolute atomic E-state index is 4.55. The Labute approximate surface area is 101 Å². The molecule has 0 aromatic carbocycles. The van der Waals surface area contributed by atoms with Crippen LogP contribution >= 0.6 is 11.8 Å². The number of pyridine rings is 1. The smallest absolute Gasteiger partial charge is 0.156 e. The van der Waals surface area contributed by atoms with Crippen molar-refractivity contribution in [2.24, 2.45) is 4.99 Å². The van der Waals surface area contributed by atoms with Crippen molar-refractivity contribution >= 4 is 16.9 Å². The molecule has 1 atom stereocenters. The van der Waals surface area contributed by atoms with E-state index in [1.165, 1.54) is 6.42 Å². The Kier molecular flexibility index (Phi) is 4.22. The lowest BCUT2D eigenvalue weighted by molar-refractivity contribution is 0.666. The molecule has 0 saturated carbocycles. The summed E-state index contributed by atoms with van der Waals surface area (Å²) in [6, 6.07) is 6.61. The molecule has 0 spiro atoms. The molecule has 1 saturated heterocycles. The fourth-order valence-corrected chi connectivity index (χ4v) is 2.68. The van der Waals surface area contributed by atoms with Crippen LogP contribution in [0.25, 0.3) is 0 Å². The molecule has 1 aliphatic heterocycles. The Hall–Kier alpha value is -1.03. The highest BCUT2D eigenvalue weighted by atomic mass is 32.2. The molecular weight excluding hydrogens is 218 g/mol. The predicted octanol–water partition coefficient (Wildman–Crippen LogP) is 2.10.